The Bertz CT molecular complexity index is 261. The number of carbonyl (C=O) groups excluding carboxylic acids is 1. The van der Waals surface area contributed by atoms with Crippen molar-refractivity contribution < 1.29 is 4.79 Å². The molecule has 2 fully saturated rings. The Morgan fingerprint density at radius 1 is 1.50 bits per heavy atom. The molecule has 2 N–H and O–H groups in total. The highest BCUT2D eigenvalue weighted by molar-refractivity contribution is 5.75. The number of carbonyl (C=O) groups is 1. The largest absolute Gasteiger partial charge is 0.338 e. The molecule has 4 heteroatoms. The number of rotatable bonds is 2. The average molecular weight is 225 g/mol. The van der Waals surface area contributed by atoms with Gasteiger partial charge in [-0.2, -0.15) is 0 Å². The predicted molar refractivity (Wildman–Crippen MR) is 64.4 cm³/mol. The molecule has 4 nitrogen and oxygen atoms in total. The molecule has 2 aliphatic rings. The number of nitrogens with one attached hydrogen (secondary N) is 2. The Morgan fingerprint density at radius 2 is 2.25 bits per heavy atom. The molecule has 1 heterocycles. The van der Waals surface area contributed by atoms with Gasteiger partial charge in [-0.15, -0.1) is 0 Å². The van der Waals surface area contributed by atoms with Crippen molar-refractivity contribution >= 4 is 6.03 Å². The molecule has 1 saturated carbocycles. The molecule has 0 aromatic heterocycles. The summed E-state index contributed by atoms with van der Waals surface area (Å²) in [6.07, 6.45) is 3.39. The van der Waals surface area contributed by atoms with Crippen molar-refractivity contribution in [3.8, 4) is 0 Å². The Hall–Kier alpha value is -0.770. The maximum atomic E-state index is 12.1. The van der Waals surface area contributed by atoms with Crippen LogP contribution in [0.3, 0.4) is 0 Å². The fourth-order valence-electron chi connectivity index (χ4n) is 2.31. The van der Waals surface area contributed by atoms with Crippen molar-refractivity contribution in [1.82, 2.24) is 15.5 Å². The van der Waals surface area contributed by atoms with E-state index in [1.54, 1.807) is 0 Å². The lowest BCUT2D eigenvalue weighted by molar-refractivity contribution is 0.170. The Kier molecular flexibility index (Phi) is 3.38. The first kappa shape index (κ1) is 11.7. The maximum Gasteiger partial charge on any atom is 0.317 e. The molecular formula is C12H23N3O. The van der Waals surface area contributed by atoms with Crippen LogP contribution < -0.4 is 10.6 Å². The summed E-state index contributed by atoms with van der Waals surface area (Å²) >= 11 is 0. The second-order valence-corrected chi connectivity index (χ2v) is 5.49. The third-order valence-corrected chi connectivity index (χ3v) is 3.50. The Balaban J connectivity index is 1.92. The van der Waals surface area contributed by atoms with E-state index in [4.69, 9.17) is 0 Å². The lowest BCUT2D eigenvalue weighted by Gasteiger charge is -2.30. The second kappa shape index (κ2) is 4.62. The summed E-state index contributed by atoms with van der Waals surface area (Å²) in [6, 6.07) is 0.134. The van der Waals surface area contributed by atoms with Crippen molar-refractivity contribution in [2.75, 3.05) is 26.2 Å². The summed E-state index contributed by atoms with van der Waals surface area (Å²) in [6.45, 7) is 7.93. The number of urea groups is 1. The predicted octanol–water partition coefficient (Wildman–Crippen LogP) is 1.18. The standard InChI is InChI=1S/C12H23N3O/c1-10(2)8-14-11(16)15-7-3-6-13-9-12(15)4-5-12/h10,13H,3-9H2,1-2H3,(H,14,16). The van der Waals surface area contributed by atoms with E-state index in [-0.39, 0.29) is 11.6 Å². The van der Waals surface area contributed by atoms with Crippen molar-refractivity contribution in [2.45, 2.75) is 38.6 Å². The molecule has 0 atom stereocenters. The van der Waals surface area contributed by atoms with Crippen LogP contribution >= 0.6 is 0 Å². The molecule has 2 amide bonds. The topological polar surface area (TPSA) is 44.4 Å². The summed E-state index contributed by atoms with van der Waals surface area (Å²) in [7, 11) is 0. The average Bonchev–Trinajstić information content (AvgIpc) is 3.03. The molecule has 0 aromatic rings. The third kappa shape index (κ3) is 2.48. The van der Waals surface area contributed by atoms with Gasteiger partial charge in [-0.1, -0.05) is 13.8 Å². The summed E-state index contributed by atoms with van der Waals surface area (Å²) in [4.78, 5) is 14.2. The number of amides is 2. The van der Waals surface area contributed by atoms with Crippen molar-refractivity contribution in [3.63, 3.8) is 0 Å². The van der Waals surface area contributed by atoms with E-state index in [1.807, 2.05) is 0 Å². The van der Waals surface area contributed by atoms with Gasteiger partial charge in [-0.25, -0.2) is 4.79 Å². The zero-order chi connectivity index (χ0) is 11.6. The molecule has 1 spiro atoms. The van der Waals surface area contributed by atoms with Gasteiger partial charge < -0.3 is 15.5 Å². The van der Waals surface area contributed by atoms with Crippen molar-refractivity contribution in [3.05, 3.63) is 0 Å². The number of hydrogen-bond donors (Lipinski definition) is 2. The van der Waals surface area contributed by atoms with E-state index in [2.05, 4.69) is 29.4 Å². The fraction of sp³-hybridized carbons (Fsp3) is 0.917. The Morgan fingerprint density at radius 3 is 2.88 bits per heavy atom. The van der Waals surface area contributed by atoms with E-state index in [0.29, 0.717) is 5.92 Å². The van der Waals surface area contributed by atoms with Crippen LogP contribution in [0.5, 0.6) is 0 Å². The highest BCUT2D eigenvalue weighted by Crippen LogP contribution is 2.42. The zero-order valence-electron chi connectivity index (χ0n) is 10.4. The van der Waals surface area contributed by atoms with E-state index < -0.39 is 0 Å². The monoisotopic (exact) mass is 225 g/mol. The van der Waals surface area contributed by atoms with Gasteiger partial charge in [0.05, 0.1) is 5.54 Å². The molecular weight excluding hydrogens is 202 g/mol. The number of hydrogen-bond acceptors (Lipinski definition) is 2. The smallest absolute Gasteiger partial charge is 0.317 e. The fourth-order valence-corrected chi connectivity index (χ4v) is 2.31. The zero-order valence-corrected chi connectivity index (χ0v) is 10.4. The highest BCUT2D eigenvalue weighted by Gasteiger charge is 2.50. The van der Waals surface area contributed by atoms with Gasteiger partial charge in [-0.05, 0) is 31.7 Å². The Labute approximate surface area is 97.8 Å². The molecule has 0 aromatic carbocycles. The normalized spacial score (nSPS) is 23.3. The van der Waals surface area contributed by atoms with Crippen molar-refractivity contribution in [1.29, 1.82) is 0 Å². The van der Waals surface area contributed by atoms with E-state index >= 15 is 0 Å². The van der Waals surface area contributed by atoms with Crippen LogP contribution in [0.15, 0.2) is 0 Å². The number of nitrogens with zero attached hydrogens (tertiary/aromatic N) is 1. The van der Waals surface area contributed by atoms with Crippen LogP contribution in [-0.2, 0) is 0 Å². The lowest BCUT2D eigenvalue weighted by atomic mass is 10.2. The lowest BCUT2D eigenvalue weighted by Crippen LogP contribution is -2.50. The van der Waals surface area contributed by atoms with Crippen LogP contribution in [0.4, 0.5) is 4.79 Å². The van der Waals surface area contributed by atoms with E-state index in [1.165, 1.54) is 0 Å². The molecule has 1 aliphatic carbocycles. The van der Waals surface area contributed by atoms with Gasteiger partial charge >= 0.3 is 6.03 Å². The minimum atomic E-state index is 0.134. The first-order valence-corrected chi connectivity index (χ1v) is 6.40. The summed E-state index contributed by atoms with van der Waals surface area (Å²) in [5.74, 6) is 0.518. The molecule has 1 saturated heterocycles. The van der Waals surface area contributed by atoms with Crippen LogP contribution in [0.1, 0.15) is 33.1 Å². The third-order valence-electron chi connectivity index (χ3n) is 3.50. The summed E-state index contributed by atoms with van der Waals surface area (Å²) in [5.41, 5.74) is 0.150. The van der Waals surface area contributed by atoms with Crippen LogP contribution in [-0.4, -0.2) is 42.6 Å². The molecule has 0 bridgehead atoms. The van der Waals surface area contributed by atoms with Crippen molar-refractivity contribution in [2.24, 2.45) is 5.92 Å². The molecule has 16 heavy (non-hydrogen) atoms. The van der Waals surface area contributed by atoms with Gasteiger partial charge in [0.25, 0.3) is 0 Å². The molecule has 1 aliphatic heterocycles. The van der Waals surface area contributed by atoms with Gasteiger partial charge in [0.1, 0.15) is 0 Å². The van der Waals surface area contributed by atoms with Gasteiger partial charge in [0.15, 0.2) is 0 Å². The molecule has 0 radical (unpaired) electrons. The summed E-state index contributed by atoms with van der Waals surface area (Å²) in [5, 5.41) is 6.46. The molecule has 0 unspecified atom stereocenters. The molecule has 2 rings (SSSR count). The second-order valence-electron chi connectivity index (χ2n) is 5.49. The van der Waals surface area contributed by atoms with Crippen LogP contribution in [0.2, 0.25) is 0 Å². The van der Waals surface area contributed by atoms with Gasteiger partial charge in [-0.3, -0.25) is 0 Å². The quantitative estimate of drug-likeness (QED) is 0.741. The minimum Gasteiger partial charge on any atom is -0.338 e. The van der Waals surface area contributed by atoms with Gasteiger partial charge in [0.2, 0.25) is 0 Å². The van der Waals surface area contributed by atoms with Gasteiger partial charge in [0, 0.05) is 19.6 Å². The summed E-state index contributed by atoms with van der Waals surface area (Å²) < 4.78 is 0. The van der Waals surface area contributed by atoms with Crippen LogP contribution in [0, 0.1) is 5.92 Å². The van der Waals surface area contributed by atoms with E-state index in [0.717, 1.165) is 45.4 Å². The van der Waals surface area contributed by atoms with E-state index in [9.17, 15) is 4.79 Å². The highest BCUT2D eigenvalue weighted by atomic mass is 16.2. The first-order chi connectivity index (χ1) is 7.64. The molecule has 92 valence electrons. The van der Waals surface area contributed by atoms with Crippen LogP contribution in [0.25, 0.3) is 0 Å². The SMILES string of the molecule is CC(C)CNC(=O)N1CCCNCC12CC2. The first-order valence-electron chi connectivity index (χ1n) is 6.40. The minimum absolute atomic E-state index is 0.134. The maximum absolute atomic E-state index is 12.1.